The minimum Gasteiger partial charge on any atom is -0.399 e. The van der Waals surface area contributed by atoms with E-state index in [-0.39, 0.29) is 11.8 Å². The molecule has 0 spiro atoms. The lowest BCUT2D eigenvalue weighted by Gasteiger charge is -2.35. The van der Waals surface area contributed by atoms with Crippen LogP contribution in [0, 0.1) is 0 Å². The molecule has 0 saturated carbocycles. The van der Waals surface area contributed by atoms with E-state index in [1.807, 2.05) is 26.8 Å². The van der Waals surface area contributed by atoms with Crippen LogP contribution in [0.2, 0.25) is 0 Å². The number of nitrogens with two attached hydrogens (primary N) is 1. The molecule has 0 aliphatic heterocycles. The van der Waals surface area contributed by atoms with Gasteiger partial charge in [-0.1, -0.05) is 24.3 Å². The number of nitrogen functional groups attached to an aromatic ring is 1. The van der Waals surface area contributed by atoms with E-state index >= 15 is 0 Å². The number of hydrazine groups is 1. The summed E-state index contributed by atoms with van der Waals surface area (Å²) in [4.78, 5) is 25.1. The molecule has 0 saturated heterocycles. The number of nitrogens with one attached hydrogen (secondary N) is 1. The van der Waals surface area contributed by atoms with Gasteiger partial charge in [-0.15, -0.1) is 0 Å². The fourth-order valence-electron chi connectivity index (χ4n) is 2.08. The molecule has 2 amide bonds. The second-order valence-electron chi connectivity index (χ2n) is 6.24. The highest BCUT2D eigenvalue weighted by Crippen LogP contribution is 2.17. The van der Waals surface area contributed by atoms with Gasteiger partial charge in [0.1, 0.15) is 0 Å². The molecule has 0 aliphatic carbocycles. The lowest BCUT2D eigenvalue weighted by atomic mass is 10.1. The monoisotopic (exact) mass is 311 g/mol. The number of anilines is 1. The minimum atomic E-state index is -0.591. The molecule has 0 aromatic heterocycles. The molecule has 0 bridgehead atoms. The average Bonchev–Trinajstić information content (AvgIpc) is 2.51. The van der Waals surface area contributed by atoms with E-state index in [0.717, 1.165) is 0 Å². The van der Waals surface area contributed by atoms with E-state index < -0.39 is 5.54 Å². The van der Waals surface area contributed by atoms with Crippen molar-refractivity contribution in [3.8, 4) is 0 Å². The van der Waals surface area contributed by atoms with Crippen LogP contribution in [0.4, 0.5) is 5.69 Å². The Bertz CT molecular complexity index is 706. The number of hydrogen-bond acceptors (Lipinski definition) is 3. The van der Waals surface area contributed by atoms with E-state index in [0.29, 0.717) is 16.8 Å². The van der Waals surface area contributed by atoms with E-state index in [1.165, 1.54) is 5.01 Å². The third-order valence-corrected chi connectivity index (χ3v) is 3.26. The Hall–Kier alpha value is -2.82. The molecule has 0 radical (unpaired) electrons. The molecule has 5 heteroatoms. The Morgan fingerprint density at radius 1 is 0.957 bits per heavy atom. The molecule has 2 aromatic carbocycles. The summed E-state index contributed by atoms with van der Waals surface area (Å²) in [6.07, 6.45) is 0. The smallest absolute Gasteiger partial charge is 0.272 e. The van der Waals surface area contributed by atoms with E-state index in [2.05, 4.69) is 5.43 Å². The normalized spacial score (nSPS) is 10.9. The fraction of sp³-hybridized carbons (Fsp3) is 0.222. The lowest BCUT2D eigenvalue weighted by Crippen LogP contribution is -2.55. The first kappa shape index (κ1) is 16.5. The van der Waals surface area contributed by atoms with E-state index in [4.69, 9.17) is 5.73 Å². The highest BCUT2D eigenvalue weighted by atomic mass is 16.2. The van der Waals surface area contributed by atoms with Gasteiger partial charge in [0.25, 0.3) is 11.8 Å². The molecule has 0 fully saturated rings. The van der Waals surface area contributed by atoms with Gasteiger partial charge < -0.3 is 5.73 Å². The molecule has 0 aliphatic rings. The van der Waals surface area contributed by atoms with E-state index in [9.17, 15) is 9.59 Å². The molecule has 3 N–H and O–H groups in total. The van der Waals surface area contributed by atoms with Crippen molar-refractivity contribution in [2.45, 2.75) is 26.3 Å². The molecule has 2 rings (SSSR count). The Kier molecular flexibility index (Phi) is 4.69. The van der Waals surface area contributed by atoms with Gasteiger partial charge in [-0.25, -0.2) is 5.01 Å². The Balaban J connectivity index is 2.28. The summed E-state index contributed by atoms with van der Waals surface area (Å²) in [5.41, 5.74) is 9.26. The van der Waals surface area contributed by atoms with Crippen LogP contribution in [0.5, 0.6) is 0 Å². The van der Waals surface area contributed by atoms with Crippen molar-refractivity contribution in [1.29, 1.82) is 0 Å². The van der Waals surface area contributed by atoms with Crippen molar-refractivity contribution in [3.63, 3.8) is 0 Å². The first-order valence-corrected chi connectivity index (χ1v) is 7.35. The maximum absolute atomic E-state index is 12.8. The zero-order valence-electron chi connectivity index (χ0n) is 13.5. The van der Waals surface area contributed by atoms with Crippen molar-refractivity contribution in [2.24, 2.45) is 0 Å². The molecule has 23 heavy (non-hydrogen) atoms. The number of amides is 2. The van der Waals surface area contributed by atoms with Crippen molar-refractivity contribution >= 4 is 17.5 Å². The summed E-state index contributed by atoms with van der Waals surface area (Å²) in [6.45, 7) is 5.55. The molecule has 120 valence electrons. The number of carbonyl (C=O) groups is 2. The van der Waals surface area contributed by atoms with Crippen LogP contribution >= 0.6 is 0 Å². The maximum Gasteiger partial charge on any atom is 0.272 e. The van der Waals surface area contributed by atoms with Crippen molar-refractivity contribution in [1.82, 2.24) is 10.4 Å². The summed E-state index contributed by atoms with van der Waals surface area (Å²) in [7, 11) is 0. The average molecular weight is 311 g/mol. The lowest BCUT2D eigenvalue weighted by molar-refractivity contribution is 0.0358. The summed E-state index contributed by atoms with van der Waals surface area (Å²) in [6, 6.07) is 15.5. The van der Waals surface area contributed by atoms with Gasteiger partial charge in [0.2, 0.25) is 0 Å². The predicted molar refractivity (Wildman–Crippen MR) is 90.7 cm³/mol. The van der Waals surface area contributed by atoms with Crippen LogP contribution in [0.1, 0.15) is 41.5 Å². The van der Waals surface area contributed by atoms with Gasteiger partial charge >= 0.3 is 0 Å². The molecule has 5 nitrogen and oxygen atoms in total. The van der Waals surface area contributed by atoms with Crippen LogP contribution in [-0.4, -0.2) is 22.4 Å². The zero-order valence-corrected chi connectivity index (χ0v) is 13.5. The zero-order chi connectivity index (χ0) is 17.0. The highest BCUT2D eigenvalue weighted by Gasteiger charge is 2.29. The van der Waals surface area contributed by atoms with Crippen molar-refractivity contribution in [2.75, 3.05) is 5.73 Å². The van der Waals surface area contributed by atoms with Crippen LogP contribution in [0.15, 0.2) is 54.6 Å². The Labute approximate surface area is 136 Å². The second-order valence-corrected chi connectivity index (χ2v) is 6.24. The molecule has 2 aromatic rings. The number of rotatable bonds is 2. The van der Waals surface area contributed by atoms with Crippen LogP contribution in [0.3, 0.4) is 0 Å². The summed E-state index contributed by atoms with van der Waals surface area (Å²) >= 11 is 0. The van der Waals surface area contributed by atoms with Gasteiger partial charge in [0, 0.05) is 16.8 Å². The third-order valence-electron chi connectivity index (χ3n) is 3.26. The second kappa shape index (κ2) is 6.52. The van der Waals surface area contributed by atoms with Gasteiger partial charge in [-0.05, 0) is 51.1 Å². The third kappa shape index (κ3) is 4.10. The SMILES string of the molecule is CC(C)(C)N(NC(=O)c1ccccc1)C(=O)c1cccc(N)c1. The molecule has 0 atom stereocenters. The topological polar surface area (TPSA) is 75.4 Å². The van der Waals surface area contributed by atoms with Crippen molar-refractivity contribution < 1.29 is 9.59 Å². The molecule has 0 heterocycles. The maximum atomic E-state index is 12.8. The largest absolute Gasteiger partial charge is 0.399 e. The summed E-state index contributed by atoms with van der Waals surface area (Å²) in [5, 5.41) is 1.33. The molecule has 0 unspecified atom stereocenters. The van der Waals surface area contributed by atoms with Gasteiger partial charge in [-0.3, -0.25) is 15.0 Å². The van der Waals surface area contributed by atoms with Crippen molar-refractivity contribution in [3.05, 3.63) is 65.7 Å². The first-order valence-electron chi connectivity index (χ1n) is 7.35. The minimum absolute atomic E-state index is 0.311. The Morgan fingerprint density at radius 2 is 1.57 bits per heavy atom. The number of nitrogens with zero attached hydrogens (tertiary/aromatic N) is 1. The first-order chi connectivity index (χ1) is 10.8. The van der Waals surface area contributed by atoms with Gasteiger partial charge in [-0.2, -0.15) is 0 Å². The molecular formula is C18H21N3O2. The standard InChI is InChI=1S/C18H21N3O2/c1-18(2,3)21(17(23)14-10-7-11-15(19)12-14)20-16(22)13-8-5-4-6-9-13/h4-12H,19H2,1-3H3,(H,20,22). The van der Waals surface area contributed by atoms with Gasteiger partial charge in [0.15, 0.2) is 0 Å². The van der Waals surface area contributed by atoms with Crippen LogP contribution < -0.4 is 11.2 Å². The Morgan fingerprint density at radius 3 is 2.13 bits per heavy atom. The summed E-state index contributed by atoms with van der Waals surface area (Å²) in [5.74, 6) is -0.646. The highest BCUT2D eigenvalue weighted by molar-refractivity contribution is 5.99. The van der Waals surface area contributed by atoms with Crippen LogP contribution in [0.25, 0.3) is 0 Å². The quantitative estimate of drug-likeness (QED) is 0.661. The number of hydrogen-bond donors (Lipinski definition) is 2. The number of carbonyl (C=O) groups excluding carboxylic acids is 2. The van der Waals surface area contributed by atoms with E-state index in [1.54, 1.807) is 48.5 Å². The van der Waals surface area contributed by atoms with Crippen LogP contribution in [-0.2, 0) is 0 Å². The molecular weight excluding hydrogens is 290 g/mol. The van der Waals surface area contributed by atoms with Gasteiger partial charge in [0.05, 0.1) is 5.54 Å². The predicted octanol–water partition coefficient (Wildman–Crippen LogP) is 2.85. The number of benzene rings is 2. The summed E-state index contributed by atoms with van der Waals surface area (Å²) < 4.78 is 0. The fourth-order valence-corrected chi connectivity index (χ4v) is 2.08.